The molecule has 0 unspecified atom stereocenters. The Hall–Kier alpha value is -2.89. The summed E-state index contributed by atoms with van der Waals surface area (Å²) in [6.45, 7) is 4.36. The molecule has 0 radical (unpaired) electrons. The van der Waals surface area contributed by atoms with Crippen LogP contribution in [0.5, 0.6) is 0 Å². The van der Waals surface area contributed by atoms with Crippen LogP contribution in [0, 0.1) is 6.92 Å². The van der Waals surface area contributed by atoms with E-state index < -0.39 is 0 Å². The van der Waals surface area contributed by atoms with E-state index in [4.69, 9.17) is 16.3 Å². The van der Waals surface area contributed by atoms with E-state index >= 15 is 0 Å². The fourth-order valence-electron chi connectivity index (χ4n) is 3.78. The molecule has 0 amide bonds. The summed E-state index contributed by atoms with van der Waals surface area (Å²) < 4.78 is 5.57. The van der Waals surface area contributed by atoms with Gasteiger partial charge in [-0.15, -0.1) is 0 Å². The number of benzene rings is 1. The Kier molecular flexibility index (Phi) is 4.70. The van der Waals surface area contributed by atoms with Crippen molar-refractivity contribution in [2.24, 2.45) is 0 Å². The van der Waals surface area contributed by atoms with E-state index in [1.807, 2.05) is 37.5 Å². The van der Waals surface area contributed by atoms with Gasteiger partial charge in [0.2, 0.25) is 0 Å². The normalized spacial score (nSPS) is 14.5. The predicted octanol–water partition coefficient (Wildman–Crippen LogP) is 5.44. The number of rotatable bonds is 3. The van der Waals surface area contributed by atoms with Gasteiger partial charge in [0.25, 0.3) is 0 Å². The first kappa shape index (κ1) is 18.2. The van der Waals surface area contributed by atoms with Crippen LogP contribution in [0.25, 0.3) is 33.3 Å². The number of aryl methyl sites for hydroxylation is 1. The van der Waals surface area contributed by atoms with Crippen molar-refractivity contribution in [3.05, 3.63) is 65.6 Å². The van der Waals surface area contributed by atoms with Gasteiger partial charge in [-0.25, -0.2) is 4.98 Å². The minimum Gasteiger partial charge on any atom is -0.361 e. The third-order valence-corrected chi connectivity index (χ3v) is 5.57. The molecule has 0 atom stereocenters. The maximum atomic E-state index is 6.60. The van der Waals surface area contributed by atoms with Gasteiger partial charge in [0.05, 0.1) is 11.6 Å². The summed E-state index contributed by atoms with van der Waals surface area (Å²) >= 11 is 6.60. The Morgan fingerprint density at radius 1 is 1.03 bits per heavy atom. The Morgan fingerprint density at radius 2 is 1.90 bits per heavy atom. The molecule has 1 fully saturated rings. The van der Waals surface area contributed by atoms with Crippen LogP contribution in [-0.4, -0.2) is 34.8 Å². The fourth-order valence-corrected chi connectivity index (χ4v) is 4.05. The number of hydrogen-bond donors (Lipinski definition) is 1. The summed E-state index contributed by atoms with van der Waals surface area (Å²) in [6, 6.07) is 14.5. The quantitative estimate of drug-likeness (QED) is 0.494. The van der Waals surface area contributed by atoms with Crippen LogP contribution in [0.1, 0.15) is 12.1 Å². The Labute approximate surface area is 174 Å². The monoisotopic (exact) mass is 404 g/mol. The van der Waals surface area contributed by atoms with Crippen LogP contribution < -0.4 is 4.90 Å². The third kappa shape index (κ3) is 3.59. The second kappa shape index (κ2) is 7.50. The molecule has 0 spiro atoms. The molecule has 6 heteroatoms. The van der Waals surface area contributed by atoms with E-state index in [9.17, 15) is 0 Å². The van der Waals surface area contributed by atoms with Gasteiger partial charge in [-0.1, -0.05) is 11.6 Å². The number of H-pyrrole nitrogens is 1. The Morgan fingerprint density at radius 3 is 2.72 bits per heavy atom. The summed E-state index contributed by atoms with van der Waals surface area (Å²) in [4.78, 5) is 14.5. The zero-order chi connectivity index (χ0) is 19.8. The van der Waals surface area contributed by atoms with Crippen molar-refractivity contribution in [2.75, 3.05) is 24.8 Å². The molecule has 1 aliphatic rings. The topological polar surface area (TPSA) is 54.0 Å². The molecular weight excluding hydrogens is 384 g/mol. The molecule has 4 heterocycles. The molecule has 0 aliphatic carbocycles. The van der Waals surface area contributed by atoms with Crippen LogP contribution in [0.3, 0.4) is 0 Å². The number of ether oxygens (including phenoxy) is 1. The van der Waals surface area contributed by atoms with Gasteiger partial charge in [-0.05, 0) is 61.4 Å². The van der Waals surface area contributed by atoms with Gasteiger partial charge in [-0.3, -0.25) is 4.98 Å². The molecule has 3 aromatic heterocycles. The molecule has 4 aromatic rings. The lowest BCUT2D eigenvalue weighted by atomic mass is 10.0. The molecule has 146 valence electrons. The Balaban J connectivity index is 1.53. The zero-order valence-electron chi connectivity index (χ0n) is 16.2. The zero-order valence-corrected chi connectivity index (χ0v) is 16.9. The number of hydrogen-bond acceptors (Lipinski definition) is 4. The van der Waals surface area contributed by atoms with Crippen LogP contribution in [0.15, 0.2) is 54.9 Å². The van der Waals surface area contributed by atoms with E-state index in [0.717, 1.165) is 69.4 Å². The first-order valence-corrected chi connectivity index (χ1v) is 10.1. The number of fused-ring (bicyclic) bond motifs is 1. The van der Waals surface area contributed by atoms with Gasteiger partial charge in [0.1, 0.15) is 12.5 Å². The Bertz CT molecular complexity index is 1180. The molecule has 0 bridgehead atoms. The van der Waals surface area contributed by atoms with Crippen LogP contribution >= 0.6 is 11.6 Å². The number of nitrogens with one attached hydrogen (secondary N) is 1. The second-order valence-corrected chi connectivity index (χ2v) is 7.75. The van der Waals surface area contributed by atoms with Crippen molar-refractivity contribution in [3.63, 3.8) is 0 Å². The van der Waals surface area contributed by atoms with Crippen LogP contribution in [0.4, 0.5) is 5.82 Å². The average Bonchev–Trinajstić information content (AvgIpc) is 3.17. The minimum absolute atomic E-state index is 0.591. The summed E-state index contributed by atoms with van der Waals surface area (Å²) in [5.74, 6) is 0.937. The summed E-state index contributed by atoms with van der Waals surface area (Å²) in [5.41, 5.74) is 6.20. The van der Waals surface area contributed by atoms with Crippen molar-refractivity contribution in [1.29, 1.82) is 0 Å². The van der Waals surface area contributed by atoms with Crippen LogP contribution in [0.2, 0.25) is 5.02 Å². The highest BCUT2D eigenvalue weighted by molar-refractivity contribution is 6.34. The summed E-state index contributed by atoms with van der Waals surface area (Å²) in [5, 5.41) is 1.84. The van der Waals surface area contributed by atoms with Crippen molar-refractivity contribution in [1.82, 2.24) is 15.0 Å². The van der Waals surface area contributed by atoms with E-state index in [1.54, 1.807) is 0 Å². The number of aromatic nitrogens is 3. The third-order valence-electron chi connectivity index (χ3n) is 5.26. The first-order chi connectivity index (χ1) is 14.2. The number of anilines is 1. The molecular formula is C23H21ClN4O. The maximum Gasteiger partial charge on any atom is 0.130 e. The SMILES string of the molecule is Cc1cc(-c2cc3cc(-c4ccnc(N5CCCOC5)c4)[nH]c3cc2Cl)ccn1. The average molecular weight is 405 g/mol. The number of halogens is 1. The standard InChI is InChI=1S/C23H21ClN4O/c1-15-9-16(3-5-25-15)19-10-18-11-21(27-22(18)13-20(19)24)17-4-6-26-23(12-17)28-7-2-8-29-14-28/h3-6,9-13,27H,2,7-8,14H2,1H3. The highest BCUT2D eigenvalue weighted by Crippen LogP contribution is 2.34. The van der Waals surface area contributed by atoms with Crippen molar-refractivity contribution >= 4 is 28.3 Å². The lowest BCUT2D eigenvalue weighted by molar-refractivity contribution is 0.106. The lowest BCUT2D eigenvalue weighted by Crippen LogP contribution is -2.33. The smallest absolute Gasteiger partial charge is 0.130 e. The summed E-state index contributed by atoms with van der Waals surface area (Å²) in [7, 11) is 0. The summed E-state index contributed by atoms with van der Waals surface area (Å²) in [6.07, 6.45) is 4.69. The molecule has 29 heavy (non-hydrogen) atoms. The predicted molar refractivity (Wildman–Crippen MR) is 117 cm³/mol. The number of pyridine rings is 2. The largest absolute Gasteiger partial charge is 0.361 e. The molecule has 1 saturated heterocycles. The van der Waals surface area contributed by atoms with Gasteiger partial charge in [0, 0.05) is 52.4 Å². The van der Waals surface area contributed by atoms with Crippen molar-refractivity contribution in [3.8, 4) is 22.4 Å². The molecule has 5 rings (SSSR count). The van der Waals surface area contributed by atoms with Gasteiger partial charge < -0.3 is 14.6 Å². The second-order valence-electron chi connectivity index (χ2n) is 7.35. The van der Waals surface area contributed by atoms with E-state index in [1.165, 1.54) is 0 Å². The van der Waals surface area contributed by atoms with Crippen molar-refractivity contribution < 1.29 is 4.74 Å². The first-order valence-electron chi connectivity index (χ1n) is 9.72. The lowest BCUT2D eigenvalue weighted by Gasteiger charge is -2.27. The van der Waals surface area contributed by atoms with Gasteiger partial charge in [-0.2, -0.15) is 0 Å². The minimum atomic E-state index is 0.591. The highest BCUT2D eigenvalue weighted by atomic mass is 35.5. The molecule has 5 nitrogen and oxygen atoms in total. The maximum absolute atomic E-state index is 6.60. The van der Waals surface area contributed by atoms with Gasteiger partial charge in [0.15, 0.2) is 0 Å². The molecule has 0 saturated carbocycles. The molecule has 1 aliphatic heterocycles. The highest BCUT2D eigenvalue weighted by Gasteiger charge is 2.14. The van der Waals surface area contributed by atoms with E-state index in [-0.39, 0.29) is 0 Å². The van der Waals surface area contributed by atoms with Gasteiger partial charge >= 0.3 is 0 Å². The molecule has 1 aromatic carbocycles. The number of nitrogens with zero attached hydrogens (tertiary/aromatic N) is 3. The van der Waals surface area contributed by atoms with E-state index in [2.05, 4.69) is 44.1 Å². The molecule has 1 N–H and O–H groups in total. The van der Waals surface area contributed by atoms with Crippen LogP contribution in [-0.2, 0) is 4.74 Å². The van der Waals surface area contributed by atoms with E-state index in [0.29, 0.717) is 6.73 Å². The van der Waals surface area contributed by atoms with Crippen molar-refractivity contribution in [2.45, 2.75) is 13.3 Å². The number of aromatic amines is 1. The fraction of sp³-hybridized carbons (Fsp3) is 0.217.